The number of carbonyl (C=O) groups excluding carboxylic acids is 2. The first-order valence-corrected chi connectivity index (χ1v) is 9.02. The van der Waals surface area contributed by atoms with E-state index in [-0.39, 0.29) is 24.2 Å². The predicted molar refractivity (Wildman–Crippen MR) is 99.9 cm³/mol. The second-order valence-electron chi connectivity index (χ2n) is 6.58. The van der Waals surface area contributed by atoms with Crippen LogP contribution in [0.15, 0.2) is 48.5 Å². The number of piperazine rings is 1. The van der Waals surface area contributed by atoms with Crippen LogP contribution in [-0.2, 0) is 16.0 Å². The van der Waals surface area contributed by atoms with E-state index in [1.165, 1.54) is 12.1 Å². The Morgan fingerprint density at radius 1 is 0.926 bits per heavy atom. The topological polar surface area (TPSA) is 49.9 Å². The van der Waals surface area contributed by atoms with Gasteiger partial charge in [0.05, 0.1) is 6.42 Å². The van der Waals surface area contributed by atoms with Gasteiger partial charge in [0.1, 0.15) is 0 Å². The van der Waals surface area contributed by atoms with Crippen LogP contribution in [-0.4, -0.2) is 54.4 Å². The summed E-state index contributed by atoms with van der Waals surface area (Å²) in [6.07, 6.45) is 0.372. The number of rotatable bonds is 5. The molecule has 0 atom stereocenters. The standard InChI is InChI=1S/C21H23FN2O3/c1-16-6-2-3-7-17(16)14-20(25)23-10-12-24(13-11-23)21(26)15-27-19-9-5-4-8-18(19)22/h2-9H,10-15H2,1H3. The lowest BCUT2D eigenvalue weighted by molar-refractivity contribution is -0.140. The lowest BCUT2D eigenvalue weighted by atomic mass is 10.1. The van der Waals surface area contributed by atoms with Crippen LogP contribution in [0.1, 0.15) is 11.1 Å². The van der Waals surface area contributed by atoms with Crippen LogP contribution in [0.2, 0.25) is 0 Å². The first kappa shape index (κ1) is 18.9. The predicted octanol–water partition coefficient (Wildman–Crippen LogP) is 2.43. The fourth-order valence-corrected chi connectivity index (χ4v) is 3.08. The van der Waals surface area contributed by atoms with Gasteiger partial charge in [-0.2, -0.15) is 0 Å². The zero-order valence-electron chi connectivity index (χ0n) is 15.4. The van der Waals surface area contributed by atoms with Crippen LogP contribution in [0.5, 0.6) is 5.75 Å². The fourth-order valence-electron chi connectivity index (χ4n) is 3.08. The summed E-state index contributed by atoms with van der Waals surface area (Å²) in [7, 11) is 0. The van der Waals surface area contributed by atoms with Gasteiger partial charge in [-0.25, -0.2) is 4.39 Å². The maximum absolute atomic E-state index is 13.5. The quantitative estimate of drug-likeness (QED) is 0.812. The van der Waals surface area contributed by atoms with E-state index in [2.05, 4.69) is 0 Å². The van der Waals surface area contributed by atoms with Gasteiger partial charge in [0.2, 0.25) is 5.91 Å². The van der Waals surface area contributed by atoms with Crippen molar-refractivity contribution >= 4 is 11.8 Å². The molecule has 1 saturated heterocycles. The van der Waals surface area contributed by atoms with E-state index in [0.717, 1.165) is 11.1 Å². The van der Waals surface area contributed by atoms with Crippen molar-refractivity contribution < 1.29 is 18.7 Å². The molecule has 2 amide bonds. The zero-order valence-corrected chi connectivity index (χ0v) is 15.4. The number of nitrogens with zero attached hydrogens (tertiary/aromatic N) is 2. The van der Waals surface area contributed by atoms with Gasteiger partial charge in [-0.05, 0) is 30.2 Å². The molecule has 1 aliphatic rings. The third-order valence-corrected chi connectivity index (χ3v) is 4.78. The molecular weight excluding hydrogens is 347 g/mol. The SMILES string of the molecule is Cc1ccccc1CC(=O)N1CCN(C(=O)COc2ccccc2F)CC1. The van der Waals surface area contributed by atoms with Crippen LogP contribution < -0.4 is 4.74 Å². The van der Waals surface area contributed by atoms with Crippen LogP contribution in [0.4, 0.5) is 4.39 Å². The average Bonchev–Trinajstić information content (AvgIpc) is 2.69. The van der Waals surface area contributed by atoms with Gasteiger partial charge in [0.25, 0.3) is 5.91 Å². The van der Waals surface area contributed by atoms with Gasteiger partial charge in [-0.1, -0.05) is 36.4 Å². The van der Waals surface area contributed by atoms with Crippen molar-refractivity contribution in [1.82, 2.24) is 9.80 Å². The Kier molecular flexibility index (Phi) is 6.06. The minimum Gasteiger partial charge on any atom is -0.481 e. The highest BCUT2D eigenvalue weighted by molar-refractivity contribution is 5.80. The van der Waals surface area contributed by atoms with E-state index in [1.54, 1.807) is 21.9 Å². The van der Waals surface area contributed by atoms with Crippen molar-refractivity contribution in [2.75, 3.05) is 32.8 Å². The summed E-state index contributed by atoms with van der Waals surface area (Å²) in [5.41, 5.74) is 2.13. The largest absolute Gasteiger partial charge is 0.481 e. The molecule has 3 rings (SSSR count). The van der Waals surface area contributed by atoms with E-state index < -0.39 is 5.82 Å². The van der Waals surface area contributed by atoms with Gasteiger partial charge in [-0.15, -0.1) is 0 Å². The molecule has 27 heavy (non-hydrogen) atoms. The van der Waals surface area contributed by atoms with E-state index in [4.69, 9.17) is 4.74 Å². The lowest BCUT2D eigenvalue weighted by Gasteiger charge is -2.34. The summed E-state index contributed by atoms with van der Waals surface area (Å²) < 4.78 is 18.8. The molecule has 0 N–H and O–H groups in total. The normalized spacial score (nSPS) is 14.1. The molecule has 0 radical (unpaired) electrons. The van der Waals surface area contributed by atoms with Crippen LogP contribution in [0.3, 0.4) is 0 Å². The molecule has 1 aliphatic heterocycles. The van der Waals surface area contributed by atoms with Crippen molar-refractivity contribution in [3.63, 3.8) is 0 Å². The zero-order chi connectivity index (χ0) is 19.2. The minimum atomic E-state index is -0.489. The molecule has 2 aromatic carbocycles. The van der Waals surface area contributed by atoms with Gasteiger partial charge in [0.15, 0.2) is 18.2 Å². The maximum atomic E-state index is 13.5. The molecule has 142 valence electrons. The molecule has 0 spiro atoms. The number of carbonyl (C=O) groups is 2. The molecule has 1 fully saturated rings. The Labute approximate surface area is 158 Å². The van der Waals surface area contributed by atoms with E-state index in [9.17, 15) is 14.0 Å². The number of ether oxygens (including phenoxy) is 1. The molecule has 0 saturated carbocycles. The van der Waals surface area contributed by atoms with Gasteiger partial charge < -0.3 is 14.5 Å². The number of para-hydroxylation sites is 1. The summed E-state index contributed by atoms with van der Waals surface area (Å²) in [4.78, 5) is 28.2. The lowest BCUT2D eigenvalue weighted by Crippen LogP contribution is -2.52. The number of halogens is 1. The first-order chi connectivity index (χ1) is 13.0. The summed E-state index contributed by atoms with van der Waals surface area (Å²) in [5, 5.41) is 0. The average molecular weight is 370 g/mol. The Morgan fingerprint density at radius 2 is 1.52 bits per heavy atom. The van der Waals surface area contributed by atoms with Gasteiger partial charge in [-0.3, -0.25) is 9.59 Å². The Bertz CT molecular complexity index is 817. The van der Waals surface area contributed by atoms with Crippen LogP contribution in [0.25, 0.3) is 0 Å². The smallest absolute Gasteiger partial charge is 0.260 e. The molecule has 0 unspecified atom stereocenters. The Balaban J connectivity index is 1.47. The third-order valence-electron chi connectivity index (χ3n) is 4.78. The van der Waals surface area contributed by atoms with Crippen LogP contribution in [0, 0.1) is 12.7 Å². The molecule has 6 heteroatoms. The van der Waals surface area contributed by atoms with Crippen molar-refractivity contribution in [3.8, 4) is 5.75 Å². The molecular formula is C21H23FN2O3. The summed E-state index contributed by atoms with van der Waals surface area (Å²) >= 11 is 0. The Morgan fingerprint density at radius 3 is 2.19 bits per heavy atom. The summed E-state index contributed by atoms with van der Waals surface area (Å²) in [5.74, 6) is -0.557. The van der Waals surface area contributed by atoms with Crippen molar-refractivity contribution in [2.45, 2.75) is 13.3 Å². The molecule has 0 aromatic heterocycles. The number of aryl methyl sites for hydroxylation is 1. The van der Waals surface area contributed by atoms with Crippen molar-refractivity contribution in [3.05, 3.63) is 65.5 Å². The van der Waals surface area contributed by atoms with Crippen molar-refractivity contribution in [1.29, 1.82) is 0 Å². The van der Waals surface area contributed by atoms with Gasteiger partial charge >= 0.3 is 0 Å². The number of hydrogen-bond donors (Lipinski definition) is 0. The fraction of sp³-hybridized carbons (Fsp3) is 0.333. The Hall–Kier alpha value is -2.89. The second-order valence-corrected chi connectivity index (χ2v) is 6.58. The molecule has 0 aliphatic carbocycles. The number of hydrogen-bond acceptors (Lipinski definition) is 3. The minimum absolute atomic E-state index is 0.0675. The molecule has 2 aromatic rings. The van der Waals surface area contributed by atoms with Crippen molar-refractivity contribution in [2.24, 2.45) is 0 Å². The maximum Gasteiger partial charge on any atom is 0.260 e. The number of amides is 2. The third kappa shape index (κ3) is 4.84. The second kappa shape index (κ2) is 8.66. The highest BCUT2D eigenvalue weighted by atomic mass is 19.1. The summed E-state index contributed by atoms with van der Waals surface area (Å²) in [6.45, 7) is 3.69. The molecule has 1 heterocycles. The monoisotopic (exact) mass is 370 g/mol. The van der Waals surface area contributed by atoms with E-state index >= 15 is 0 Å². The molecule has 5 nitrogen and oxygen atoms in total. The highest BCUT2D eigenvalue weighted by Gasteiger charge is 2.24. The number of benzene rings is 2. The van der Waals surface area contributed by atoms with Crippen LogP contribution >= 0.6 is 0 Å². The molecule has 0 bridgehead atoms. The van der Waals surface area contributed by atoms with E-state index in [0.29, 0.717) is 32.6 Å². The first-order valence-electron chi connectivity index (χ1n) is 9.02. The highest BCUT2D eigenvalue weighted by Crippen LogP contribution is 2.16. The summed E-state index contributed by atoms with van der Waals surface area (Å²) in [6, 6.07) is 13.9. The van der Waals surface area contributed by atoms with E-state index in [1.807, 2.05) is 31.2 Å². The van der Waals surface area contributed by atoms with Gasteiger partial charge in [0, 0.05) is 26.2 Å².